The molecule has 282 valence electrons. The standard InChI is InChI=1S/C36H47FN6O9/c1-4-50-32(45)11-10-26(34(47)41-15-17-42(18-16-41)36(49)51-5-2)39-33(46)28-21-30(24-20-25(37)23(3)19-27(24)38-28)52-22-31(44)43-14-8-9-29(43)35(48)40-12-6-7-13-40/h19-21,26,29H,4-18,22H2,1-3H3,(H,39,46). The molecule has 2 aromatic rings. The van der Waals surface area contributed by atoms with Crippen LogP contribution in [0.5, 0.6) is 5.75 Å². The summed E-state index contributed by atoms with van der Waals surface area (Å²) in [6, 6.07) is 2.23. The average Bonchev–Trinajstić information content (AvgIpc) is 3.86. The highest BCUT2D eigenvalue weighted by Gasteiger charge is 2.37. The van der Waals surface area contributed by atoms with Crippen LogP contribution < -0.4 is 10.1 Å². The van der Waals surface area contributed by atoms with E-state index in [-0.39, 0.29) is 86.1 Å². The summed E-state index contributed by atoms with van der Waals surface area (Å²) in [6.45, 7) is 7.42. The molecule has 4 heterocycles. The minimum atomic E-state index is -1.15. The smallest absolute Gasteiger partial charge is 0.409 e. The van der Waals surface area contributed by atoms with Gasteiger partial charge in [-0.25, -0.2) is 14.2 Å². The van der Waals surface area contributed by atoms with Crippen molar-refractivity contribution < 1.29 is 47.4 Å². The van der Waals surface area contributed by atoms with Crippen LogP contribution in [-0.4, -0.2) is 138 Å². The summed E-state index contributed by atoms with van der Waals surface area (Å²) in [6.07, 6.45) is 2.42. The van der Waals surface area contributed by atoms with Crippen molar-refractivity contribution in [2.75, 3.05) is 65.6 Å². The number of halogens is 1. The Morgan fingerprint density at radius 3 is 2.27 bits per heavy atom. The summed E-state index contributed by atoms with van der Waals surface area (Å²) < 4.78 is 30.8. The van der Waals surface area contributed by atoms with Gasteiger partial charge in [0.25, 0.3) is 11.8 Å². The summed E-state index contributed by atoms with van der Waals surface area (Å²) in [7, 11) is 0. The van der Waals surface area contributed by atoms with E-state index in [1.165, 1.54) is 32.9 Å². The van der Waals surface area contributed by atoms with Crippen molar-refractivity contribution in [2.45, 2.75) is 71.4 Å². The van der Waals surface area contributed by atoms with Crippen LogP contribution in [0.1, 0.15) is 68.4 Å². The SMILES string of the molecule is CCOC(=O)CCC(NC(=O)c1cc(OCC(=O)N2CCCC2C(=O)N2CCCC2)c2cc(F)c(C)cc2n1)C(=O)N1CCN(C(=O)OCC)CC1. The molecule has 0 aliphatic carbocycles. The molecule has 2 unspecified atom stereocenters. The van der Waals surface area contributed by atoms with Crippen LogP contribution in [0.3, 0.4) is 0 Å². The second-order valence-corrected chi connectivity index (χ2v) is 13.1. The quantitative estimate of drug-likeness (QED) is 0.321. The summed E-state index contributed by atoms with van der Waals surface area (Å²) in [4.78, 5) is 89.2. The molecule has 3 saturated heterocycles. The van der Waals surface area contributed by atoms with Gasteiger partial charge in [-0.3, -0.25) is 24.0 Å². The van der Waals surface area contributed by atoms with Gasteiger partial charge in [-0.2, -0.15) is 0 Å². The number of ether oxygens (including phenoxy) is 3. The van der Waals surface area contributed by atoms with E-state index in [4.69, 9.17) is 14.2 Å². The van der Waals surface area contributed by atoms with Gasteiger partial charge in [-0.05, 0) is 70.6 Å². The molecule has 1 N–H and O–H groups in total. The molecule has 52 heavy (non-hydrogen) atoms. The monoisotopic (exact) mass is 726 g/mol. The van der Waals surface area contributed by atoms with Crippen LogP contribution in [0.4, 0.5) is 9.18 Å². The molecular weight excluding hydrogens is 679 g/mol. The lowest BCUT2D eigenvalue weighted by Crippen LogP contribution is -2.56. The maximum atomic E-state index is 14.8. The third-order valence-corrected chi connectivity index (χ3v) is 9.57. The first kappa shape index (κ1) is 38.2. The molecule has 16 heteroatoms. The maximum absolute atomic E-state index is 14.8. The number of esters is 1. The number of nitrogens with one attached hydrogen (secondary N) is 1. The number of fused-ring (bicyclic) bond motifs is 1. The molecule has 15 nitrogen and oxygen atoms in total. The van der Waals surface area contributed by atoms with Crippen molar-refractivity contribution in [1.29, 1.82) is 0 Å². The van der Waals surface area contributed by atoms with Crippen LogP contribution in [0.15, 0.2) is 18.2 Å². The van der Waals surface area contributed by atoms with E-state index in [0.717, 1.165) is 12.8 Å². The number of benzene rings is 1. The number of pyridine rings is 1. The largest absolute Gasteiger partial charge is 0.483 e. The number of aromatic nitrogens is 1. The van der Waals surface area contributed by atoms with Crippen LogP contribution in [0, 0.1) is 12.7 Å². The maximum Gasteiger partial charge on any atom is 0.409 e. The third kappa shape index (κ3) is 9.06. The van der Waals surface area contributed by atoms with E-state index in [0.29, 0.717) is 32.5 Å². The van der Waals surface area contributed by atoms with Gasteiger partial charge in [0.05, 0.1) is 18.7 Å². The Hall–Kier alpha value is -5.02. The van der Waals surface area contributed by atoms with E-state index in [2.05, 4.69) is 10.3 Å². The fraction of sp³-hybridized carbons (Fsp3) is 0.583. The zero-order chi connectivity index (χ0) is 37.4. The number of hydrogen-bond donors (Lipinski definition) is 1. The van der Waals surface area contributed by atoms with Crippen molar-refractivity contribution in [3.8, 4) is 5.75 Å². The van der Waals surface area contributed by atoms with Gasteiger partial charge in [0.15, 0.2) is 6.61 Å². The summed E-state index contributed by atoms with van der Waals surface area (Å²) in [5.74, 6) is -2.74. The van der Waals surface area contributed by atoms with Crippen molar-refractivity contribution in [1.82, 2.24) is 29.9 Å². The lowest BCUT2D eigenvalue weighted by atomic mass is 10.1. The van der Waals surface area contributed by atoms with Crippen LogP contribution in [0.2, 0.25) is 0 Å². The fourth-order valence-electron chi connectivity index (χ4n) is 6.78. The normalized spacial score (nSPS) is 18.0. The third-order valence-electron chi connectivity index (χ3n) is 9.57. The topological polar surface area (TPSA) is 168 Å². The van der Waals surface area contributed by atoms with E-state index >= 15 is 0 Å². The molecule has 0 saturated carbocycles. The highest BCUT2D eigenvalue weighted by atomic mass is 19.1. The van der Waals surface area contributed by atoms with E-state index in [9.17, 15) is 33.2 Å². The number of likely N-dealkylation sites (tertiary alicyclic amines) is 2. The number of amides is 5. The van der Waals surface area contributed by atoms with Crippen molar-refractivity contribution in [3.05, 3.63) is 35.3 Å². The highest BCUT2D eigenvalue weighted by molar-refractivity contribution is 6.00. The molecule has 3 fully saturated rings. The number of hydrogen-bond acceptors (Lipinski definition) is 10. The van der Waals surface area contributed by atoms with Gasteiger partial charge in [-0.1, -0.05) is 0 Å². The van der Waals surface area contributed by atoms with Gasteiger partial charge >= 0.3 is 12.1 Å². The number of carbonyl (C=O) groups excluding carboxylic acids is 6. The Bertz CT molecular complexity index is 1680. The first-order valence-corrected chi connectivity index (χ1v) is 18.0. The molecule has 3 aliphatic heterocycles. The van der Waals surface area contributed by atoms with Gasteiger partial charge in [0.2, 0.25) is 11.8 Å². The molecule has 5 amide bonds. The van der Waals surface area contributed by atoms with Crippen molar-refractivity contribution in [2.24, 2.45) is 0 Å². The van der Waals surface area contributed by atoms with Crippen LogP contribution in [-0.2, 0) is 28.7 Å². The molecule has 0 bridgehead atoms. The number of rotatable bonds is 12. The van der Waals surface area contributed by atoms with E-state index in [1.807, 2.05) is 0 Å². The average molecular weight is 727 g/mol. The second kappa shape index (κ2) is 17.5. The van der Waals surface area contributed by atoms with E-state index in [1.54, 1.807) is 25.7 Å². The predicted octanol–water partition coefficient (Wildman–Crippen LogP) is 2.42. The molecule has 1 aromatic heterocycles. The second-order valence-electron chi connectivity index (χ2n) is 13.1. The summed E-state index contributed by atoms with van der Waals surface area (Å²) in [5, 5.41) is 2.93. The highest BCUT2D eigenvalue weighted by Crippen LogP contribution is 2.29. The van der Waals surface area contributed by atoms with Crippen LogP contribution in [0.25, 0.3) is 10.9 Å². The molecule has 0 spiro atoms. The minimum Gasteiger partial charge on any atom is -0.483 e. The van der Waals surface area contributed by atoms with Crippen molar-refractivity contribution in [3.63, 3.8) is 0 Å². The van der Waals surface area contributed by atoms with Crippen molar-refractivity contribution >= 4 is 46.6 Å². The minimum absolute atomic E-state index is 0.0218. The Balaban J connectivity index is 1.34. The van der Waals surface area contributed by atoms with Gasteiger partial charge < -0.3 is 39.1 Å². The number of piperazine rings is 1. The molecule has 2 atom stereocenters. The predicted molar refractivity (Wildman–Crippen MR) is 185 cm³/mol. The zero-order valence-electron chi connectivity index (χ0n) is 30.0. The lowest BCUT2D eigenvalue weighted by molar-refractivity contribution is -0.144. The first-order chi connectivity index (χ1) is 25.0. The number of aryl methyl sites for hydroxylation is 1. The summed E-state index contributed by atoms with van der Waals surface area (Å²) >= 11 is 0. The molecule has 3 aliphatic rings. The molecular formula is C36H47FN6O9. The molecule has 0 radical (unpaired) electrons. The Kier molecular flexibility index (Phi) is 12.8. The van der Waals surface area contributed by atoms with Crippen LogP contribution >= 0.6 is 0 Å². The Morgan fingerprint density at radius 2 is 1.58 bits per heavy atom. The fourth-order valence-corrected chi connectivity index (χ4v) is 6.78. The molecule has 1 aromatic carbocycles. The Labute approximate surface area is 301 Å². The number of nitrogens with zero attached hydrogens (tertiary/aromatic N) is 5. The summed E-state index contributed by atoms with van der Waals surface area (Å²) in [5.41, 5.74) is 0.330. The molecule has 5 rings (SSSR count). The number of carbonyl (C=O) groups is 6. The van der Waals surface area contributed by atoms with Gasteiger partial charge in [0, 0.05) is 63.7 Å². The Morgan fingerprint density at radius 1 is 0.885 bits per heavy atom. The van der Waals surface area contributed by atoms with Gasteiger partial charge in [-0.15, -0.1) is 0 Å². The lowest BCUT2D eigenvalue weighted by Gasteiger charge is -2.36. The van der Waals surface area contributed by atoms with E-state index < -0.39 is 54.3 Å². The zero-order valence-corrected chi connectivity index (χ0v) is 30.0. The van der Waals surface area contributed by atoms with Gasteiger partial charge in [0.1, 0.15) is 29.3 Å². The first-order valence-electron chi connectivity index (χ1n) is 18.0.